The Morgan fingerprint density at radius 1 is 0.839 bits per heavy atom. The Hall–Kier alpha value is -7.43. The number of benzene rings is 4. The number of likely N-dealkylation sites (N-methyl/N-ethyl adjacent to an activating group) is 1. The average molecular weight is 762 g/mol. The number of amides is 9. The van der Waals surface area contributed by atoms with Crippen LogP contribution in [0.4, 0.5) is 42.8 Å². The summed E-state index contributed by atoms with van der Waals surface area (Å²) in [6, 6.07) is 21.3. The molecule has 0 aliphatic carbocycles. The van der Waals surface area contributed by atoms with Gasteiger partial charge in [0, 0.05) is 36.3 Å². The van der Waals surface area contributed by atoms with E-state index in [4.69, 9.17) is 4.99 Å². The van der Waals surface area contributed by atoms with Crippen LogP contribution in [0.3, 0.4) is 0 Å². The SMILES string of the molecule is CC(C)NC(=O)NC(=O)c1cccc([N+](=O)[O-])c1NC(=O)N(c1cccc(N(C=O)C(=O)NC(C)C)c1)C1N=C(c2ccccc2)c2ccccc2N(C)C1=O. The van der Waals surface area contributed by atoms with Gasteiger partial charge in [-0.25, -0.2) is 24.3 Å². The topological polar surface area (TPSA) is 216 Å². The van der Waals surface area contributed by atoms with Crippen molar-refractivity contribution in [3.63, 3.8) is 0 Å². The maximum atomic E-state index is 14.8. The van der Waals surface area contributed by atoms with Gasteiger partial charge in [0.05, 0.1) is 33.3 Å². The van der Waals surface area contributed by atoms with Crippen molar-refractivity contribution in [2.45, 2.75) is 45.9 Å². The fourth-order valence-electron chi connectivity index (χ4n) is 5.85. The van der Waals surface area contributed by atoms with Gasteiger partial charge in [0.25, 0.3) is 17.5 Å². The van der Waals surface area contributed by atoms with E-state index in [1.165, 1.54) is 48.3 Å². The number of urea groups is 3. The molecule has 1 aliphatic rings. The molecule has 0 radical (unpaired) electrons. The van der Waals surface area contributed by atoms with Gasteiger partial charge in [-0.15, -0.1) is 0 Å². The second-order valence-corrected chi connectivity index (χ2v) is 13.1. The highest BCUT2D eigenvalue weighted by atomic mass is 16.6. The molecule has 288 valence electrons. The lowest BCUT2D eigenvalue weighted by atomic mass is 10.0. The van der Waals surface area contributed by atoms with Crippen molar-refractivity contribution in [2.75, 3.05) is 27.1 Å². The largest absolute Gasteiger partial charge is 0.336 e. The molecule has 0 saturated carbocycles. The van der Waals surface area contributed by atoms with Crippen LogP contribution in [0.5, 0.6) is 0 Å². The van der Waals surface area contributed by atoms with Crippen LogP contribution in [0.2, 0.25) is 0 Å². The molecule has 0 fully saturated rings. The average Bonchev–Trinajstić information content (AvgIpc) is 3.26. The smallest absolute Gasteiger partial charge is 0.328 e. The third kappa shape index (κ3) is 8.68. The first-order valence-corrected chi connectivity index (χ1v) is 17.4. The molecule has 4 aromatic carbocycles. The van der Waals surface area contributed by atoms with Crippen LogP contribution in [0.1, 0.15) is 49.2 Å². The van der Waals surface area contributed by atoms with Crippen LogP contribution < -0.4 is 36.0 Å². The highest BCUT2D eigenvalue weighted by molar-refractivity contribution is 6.22. The Labute approximate surface area is 321 Å². The van der Waals surface area contributed by atoms with Gasteiger partial charge in [0.15, 0.2) is 0 Å². The number of nitrogens with one attached hydrogen (secondary N) is 4. The molecular weight excluding hydrogens is 722 g/mol. The van der Waals surface area contributed by atoms with Crippen LogP contribution in [-0.2, 0) is 9.59 Å². The molecule has 56 heavy (non-hydrogen) atoms. The summed E-state index contributed by atoms with van der Waals surface area (Å²) < 4.78 is 0. The number of para-hydroxylation sites is 2. The number of benzodiazepines with no additional fused rings is 1. The molecule has 4 aromatic rings. The fourth-order valence-corrected chi connectivity index (χ4v) is 5.85. The molecule has 17 nitrogen and oxygen atoms in total. The van der Waals surface area contributed by atoms with Crippen LogP contribution in [0, 0.1) is 10.1 Å². The Bertz CT molecular complexity index is 2220. The van der Waals surface area contributed by atoms with E-state index < -0.39 is 57.9 Å². The molecule has 5 rings (SSSR count). The lowest BCUT2D eigenvalue weighted by Crippen LogP contribution is -2.51. The molecule has 9 amide bonds. The van der Waals surface area contributed by atoms with Crippen molar-refractivity contribution < 1.29 is 33.7 Å². The van der Waals surface area contributed by atoms with E-state index in [-0.39, 0.29) is 29.9 Å². The first kappa shape index (κ1) is 39.8. The zero-order valence-electron chi connectivity index (χ0n) is 31.0. The van der Waals surface area contributed by atoms with Crippen molar-refractivity contribution in [3.05, 3.63) is 124 Å². The predicted molar refractivity (Wildman–Crippen MR) is 210 cm³/mol. The summed E-state index contributed by atoms with van der Waals surface area (Å²) in [4.78, 5) is 99.9. The lowest BCUT2D eigenvalue weighted by molar-refractivity contribution is -0.383. The number of hydrogen-bond donors (Lipinski definition) is 4. The number of fused-ring (bicyclic) bond motifs is 1. The molecule has 1 atom stereocenters. The van der Waals surface area contributed by atoms with Crippen LogP contribution in [0.25, 0.3) is 0 Å². The van der Waals surface area contributed by atoms with Crippen LogP contribution >= 0.6 is 0 Å². The number of nitro groups is 1. The number of nitrogens with zero attached hydrogens (tertiary/aromatic N) is 5. The molecule has 1 heterocycles. The van der Waals surface area contributed by atoms with Crippen molar-refractivity contribution in [2.24, 2.45) is 4.99 Å². The van der Waals surface area contributed by atoms with E-state index >= 15 is 0 Å². The molecule has 0 bridgehead atoms. The number of carbonyl (C=O) groups is 6. The van der Waals surface area contributed by atoms with Crippen molar-refractivity contribution in [3.8, 4) is 0 Å². The standard InChI is InChI=1S/C39H39N9O8/c1-23(2)40-37(52)44-35(50)29-18-12-20-31(48(55)56)33(29)43-39(54)47(27-16-11-15-26(21-27)46(22-49)38(53)41-24(3)4)34-36(51)45(5)30-19-10-9-17-28(30)32(42-34)25-13-7-6-8-14-25/h6-24,34H,1-5H3,(H,41,53)(H,43,54)(H2,40,44,50,52). The van der Waals surface area contributed by atoms with E-state index in [0.29, 0.717) is 22.5 Å². The zero-order valence-corrected chi connectivity index (χ0v) is 31.0. The third-order valence-corrected chi connectivity index (χ3v) is 8.32. The van der Waals surface area contributed by atoms with Gasteiger partial charge in [-0.2, -0.15) is 0 Å². The molecule has 1 aliphatic heterocycles. The first-order chi connectivity index (χ1) is 26.7. The van der Waals surface area contributed by atoms with Crippen LogP contribution in [0.15, 0.2) is 102 Å². The number of nitro benzene ring substituents is 1. The van der Waals surface area contributed by atoms with Gasteiger partial charge in [0.1, 0.15) is 5.69 Å². The summed E-state index contributed by atoms with van der Waals surface area (Å²) >= 11 is 0. The number of carbonyl (C=O) groups excluding carboxylic acids is 6. The number of imide groups is 2. The summed E-state index contributed by atoms with van der Waals surface area (Å²) in [6.07, 6.45) is -1.44. The van der Waals surface area contributed by atoms with E-state index in [0.717, 1.165) is 15.9 Å². The fraction of sp³-hybridized carbons (Fsp3) is 0.205. The van der Waals surface area contributed by atoms with Crippen molar-refractivity contribution in [1.29, 1.82) is 0 Å². The molecule has 0 spiro atoms. The summed E-state index contributed by atoms with van der Waals surface area (Å²) in [5.41, 5.74) is 0.137. The molecular formula is C39H39N9O8. The second kappa shape index (κ2) is 17.1. The molecule has 0 saturated heterocycles. The minimum atomic E-state index is -1.72. The maximum Gasteiger partial charge on any atom is 0.328 e. The monoisotopic (exact) mass is 761 g/mol. The predicted octanol–water partition coefficient (Wildman–Crippen LogP) is 5.40. The summed E-state index contributed by atoms with van der Waals surface area (Å²) in [5, 5.41) is 22.0. The normalized spacial score (nSPS) is 13.5. The minimum absolute atomic E-state index is 0.000322. The van der Waals surface area contributed by atoms with Crippen molar-refractivity contribution in [1.82, 2.24) is 16.0 Å². The lowest BCUT2D eigenvalue weighted by Gasteiger charge is -2.31. The Morgan fingerprint density at radius 2 is 1.48 bits per heavy atom. The van der Waals surface area contributed by atoms with Gasteiger partial charge in [-0.3, -0.25) is 34.7 Å². The Balaban J connectivity index is 1.72. The molecule has 17 heteroatoms. The van der Waals surface area contributed by atoms with E-state index in [9.17, 15) is 38.9 Å². The van der Waals surface area contributed by atoms with E-state index in [1.807, 2.05) is 0 Å². The quantitative estimate of drug-likeness (QED) is 0.0930. The second-order valence-electron chi connectivity index (χ2n) is 13.1. The van der Waals surface area contributed by atoms with E-state index in [2.05, 4.69) is 21.3 Å². The zero-order chi connectivity index (χ0) is 40.7. The minimum Gasteiger partial charge on any atom is -0.336 e. The highest BCUT2D eigenvalue weighted by Crippen LogP contribution is 2.34. The summed E-state index contributed by atoms with van der Waals surface area (Å²) in [6.45, 7) is 6.72. The Kier molecular flexibility index (Phi) is 12.2. The van der Waals surface area contributed by atoms with Crippen LogP contribution in [-0.4, -0.2) is 72.2 Å². The molecule has 0 aromatic heterocycles. The molecule has 1 unspecified atom stereocenters. The number of aliphatic imine (C=N–C) groups is 1. The maximum absolute atomic E-state index is 14.8. The summed E-state index contributed by atoms with van der Waals surface area (Å²) in [7, 11) is 1.50. The summed E-state index contributed by atoms with van der Waals surface area (Å²) in [5.74, 6) is -1.78. The van der Waals surface area contributed by atoms with Gasteiger partial charge in [-0.05, 0) is 58.0 Å². The first-order valence-electron chi connectivity index (χ1n) is 17.4. The van der Waals surface area contributed by atoms with Crippen molar-refractivity contribution >= 4 is 70.5 Å². The number of rotatable bonds is 10. The third-order valence-electron chi connectivity index (χ3n) is 8.32. The van der Waals surface area contributed by atoms with E-state index in [1.54, 1.807) is 82.3 Å². The Morgan fingerprint density at radius 3 is 2.14 bits per heavy atom. The number of anilines is 4. The van der Waals surface area contributed by atoms with Gasteiger partial charge < -0.3 is 20.9 Å². The van der Waals surface area contributed by atoms with Gasteiger partial charge in [-0.1, -0.05) is 60.7 Å². The van der Waals surface area contributed by atoms with Gasteiger partial charge in [0.2, 0.25) is 12.6 Å². The highest BCUT2D eigenvalue weighted by Gasteiger charge is 2.39. The molecule has 4 N–H and O–H groups in total. The van der Waals surface area contributed by atoms with Gasteiger partial charge >= 0.3 is 18.1 Å². The number of hydrogen-bond acceptors (Lipinski definition) is 9.